The first kappa shape index (κ1) is 15.7. The molecule has 1 aliphatic carbocycles. The molecule has 0 radical (unpaired) electrons. The Kier molecular flexibility index (Phi) is 3.72. The molecule has 0 heterocycles. The standard InChI is InChI=1S/C19H18O3S/c1-3-16-13-19(16,18(20)15-9-5-4-6-10-15)23(21,22)17-11-7-8-14(2)12-17/h3-12,16H,1,13H2,2H3. The minimum atomic E-state index is -3.78. The molecule has 0 spiro atoms. The fourth-order valence-corrected chi connectivity index (χ4v) is 5.34. The minimum absolute atomic E-state index is 0.200. The molecule has 0 aromatic heterocycles. The summed E-state index contributed by atoms with van der Waals surface area (Å²) in [7, 11) is -3.78. The summed E-state index contributed by atoms with van der Waals surface area (Å²) in [5, 5.41) is 0. The number of aryl methyl sites for hydroxylation is 1. The van der Waals surface area contributed by atoms with Crippen LogP contribution in [0.4, 0.5) is 0 Å². The zero-order valence-corrected chi connectivity index (χ0v) is 13.7. The van der Waals surface area contributed by atoms with Gasteiger partial charge in [-0.1, -0.05) is 48.5 Å². The minimum Gasteiger partial charge on any atom is -0.292 e. The Morgan fingerprint density at radius 2 is 1.87 bits per heavy atom. The summed E-state index contributed by atoms with van der Waals surface area (Å²) in [5.74, 6) is -0.690. The van der Waals surface area contributed by atoms with Crippen LogP contribution in [0.3, 0.4) is 0 Å². The SMILES string of the molecule is C=CC1CC1(C(=O)c1ccccc1)S(=O)(=O)c1cccc(C)c1. The Labute approximate surface area is 136 Å². The molecule has 2 atom stereocenters. The monoisotopic (exact) mass is 326 g/mol. The van der Waals surface area contributed by atoms with Crippen molar-refractivity contribution in [1.82, 2.24) is 0 Å². The lowest BCUT2D eigenvalue weighted by Crippen LogP contribution is -2.35. The molecule has 0 aliphatic heterocycles. The third-order valence-corrected chi connectivity index (χ3v) is 6.93. The molecule has 3 nitrogen and oxygen atoms in total. The average molecular weight is 326 g/mol. The molecule has 1 fully saturated rings. The van der Waals surface area contributed by atoms with Gasteiger partial charge in [-0.2, -0.15) is 0 Å². The maximum atomic E-state index is 13.2. The summed E-state index contributed by atoms with van der Waals surface area (Å²) in [6.45, 7) is 5.54. The summed E-state index contributed by atoms with van der Waals surface area (Å²) < 4.78 is 25.0. The molecule has 1 aliphatic rings. The maximum Gasteiger partial charge on any atom is 0.192 e. The van der Waals surface area contributed by atoms with E-state index >= 15 is 0 Å². The van der Waals surface area contributed by atoms with Crippen LogP contribution in [0.15, 0.2) is 72.1 Å². The van der Waals surface area contributed by atoms with Gasteiger partial charge in [-0.05, 0) is 31.0 Å². The zero-order chi connectivity index (χ0) is 16.7. The van der Waals surface area contributed by atoms with E-state index in [1.807, 2.05) is 13.0 Å². The van der Waals surface area contributed by atoms with Crippen molar-refractivity contribution >= 4 is 15.6 Å². The van der Waals surface area contributed by atoms with Gasteiger partial charge in [0.15, 0.2) is 15.6 Å². The molecule has 0 N–H and O–H groups in total. The highest BCUT2D eigenvalue weighted by Crippen LogP contribution is 2.55. The molecule has 2 aromatic carbocycles. The van der Waals surface area contributed by atoms with Crippen LogP contribution in [-0.4, -0.2) is 18.9 Å². The van der Waals surface area contributed by atoms with E-state index < -0.39 is 14.6 Å². The van der Waals surface area contributed by atoms with Crippen LogP contribution >= 0.6 is 0 Å². The van der Waals surface area contributed by atoms with Gasteiger partial charge in [0, 0.05) is 11.5 Å². The third-order valence-electron chi connectivity index (χ3n) is 4.45. The number of sulfone groups is 1. The van der Waals surface area contributed by atoms with E-state index in [0.29, 0.717) is 12.0 Å². The van der Waals surface area contributed by atoms with Crippen molar-refractivity contribution in [3.05, 3.63) is 78.4 Å². The number of hydrogen-bond acceptors (Lipinski definition) is 3. The van der Waals surface area contributed by atoms with Crippen molar-refractivity contribution in [3.63, 3.8) is 0 Å². The van der Waals surface area contributed by atoms with E-state index in [9.17, 15) is 13.2 Å². The van der Waals surface area contributed by atoms with Crippen LogP contribution in [0.5, 0.6) is 0 Å². The van der Waals surface area contributed by atoms with Crippen molar-refractivity contribution < 1.29 is 13.2 Å². The predicted molar refractivity (Wildman–Crippen MR) is 90.2 cm³/mol. The van der Waals surface area contributed by atoms with Crippen LogP contribution in [-0.2, 0) is 9.84 Å². The predicted octanol–water partition coefficient (Wildman–Crippen LogP) is 3.60. The Hall–Kier alpha value is -2.20. The van der Waals surface area contributed by atoms with Crippen molar-refractivity contribution in [2.75, 3.05) is 0 Å². The van der Waals surface area contributed by atoms with Gasteiger partial charge in [0.25, 0.3) is 0 Å². The Balaban J connectivity index is 2.13. The summed E-state index contributed by atoms with van der Waals surface area (Å²) in [5.41, 5.74) is 1.28. The smallest absolute Gasteiger partial charge is 0.192 e. The topological polar surface area (TPSA) is 51.2 Å². The molecule has 2 aromatic rings. The van der Waals surface area contributed by atoms with Gasteiger partial charge in [0.2, 0.25) is 0 Å². The largest absolute Gasteiger partial charge is 0.292 e. The second kappa shape index (κ2) is 5.46. The lowest BCUT2D eigenvalue weighted by Gasteiger charge is -2.17. The Bertz CT molecular complexity index is 868. The number of allylic oxidation sites excluding steroid dienone is 1. The first-order valence-electron chi connectivity index (χ1n) is 7.47. The fourth-order valence-electron chi connectivity index (χ4n) is 3.06. The normalized spacial score (nSPS) is 23.3. The van der Waals surface area contributed by atoms with E-state index in [1.165, 1.54) is 0 Å². The van der Waals surface area contributed by atoms with Gasteiger partial charge in [-0.25, -0.2) is 8.42 Å². The van der Waals surface area contributed by atoms with E-state index in [0.717, 1.165) is 5.56 Å². The fraction of sp³-hybridized carbons (Fsp3) is 0.211. The van der Waals surface area contributed by atoms with E-state index in [1.54, 1.807) is 54.6 Å². The molecule has 3 rings (SSSR count). The molecule has 4 heteroatoms. The first-order valence-corrected chi connectivity index (χ1v) is 8.95. The van der Waals surface area contributed by atoms with Crippen LogP contribution in [0.2, 0.25) is 0 Å². The maximum absolute atomic E-state index is 13.2. The number of carbonyl (C=O) groups excluding carboxylic acids is 1. The van der Waals surface area contributed by atoms with Gasteiger partial charge >= 0.3 is 0 Å². The summed E-state index contributed by atoms with van der Waals surface area (Å²) in [6, 6.07) is 15.3. The molecule has 118 valence electrons. The number of ketones is 1. The number of hydrogen-bond donors (Lipinski definition) is 0. The number of rotatable bonds is 5. The molecule has 1 saturated carbocycles. The van der Waals surface area contributed by atoms with Crippen LogP contribution in [0.1, 0.15) is 22.3 Å². The highest BCUT2D eigenvalue weighted by Gasteiger charge is 2.67. The van der Waals surface area contributed by atoms with Crippen molar-refractivity contribution in [2.45, 2.75) is 23.0 Å². The molecular formula is C19H18O3S. The van der Waals surface area contributed by atoms with Crippen LogP contribution < -0.4 is 0 Å². The molecule has 0 amide bonds. The Morgan fingerprint density at radius 1 is 1.17 bits per heavy atom. The molecule has 2 unspecified atom stereocenters. The Morgan fingerprint density at radius 3 is 2.43 bits per heavy atom. The zero-order valence-electron chi connectivity index (χ0n) is 12.9. The van der Waals surface area contributed by atoms with Gasteiger partial charge in [0.1, 0.15) is 4.75 Å². The lowest BCUT2D eigenvalue weighted by atomic mass is 10.1. The van der Waals surface area contributed by atoms with Crippen molar-refractivity contribution in [2.24, 2.45) is 5.92 Å². The summed E-state index contributed by atoms with van der Waals surface area (Å²) in [4.78, 5) is 13.2. The molecular weight excluding hydrogens is 308 g/mol. The molecule has 0 bridgehead atoms. The third kappa shape index (κ3) is 2.34. The second-order valence-electron chi connectivity index (χ2n) is 5.95. The highest BCUT2D eigenvalue weighted by atomic mass is 32.2. The van der Waals surface area contributed by atoms with Crippen molar-refractivity contribution in [3.8, 4) is 0 Å². The average Bonchev–Trinajstić information content (AvgIpc) is 3.31. The van der Waals surface area contributed by atoms with Crippen molar-refractivity contribution in [1.29, 1.82) is 0 Å². The lowest BCUT2D eigenvalue weighted by molar-refractivity contribution is 0.0974. The van der Waals surface area contributed by atoms with E-state index in [4.69, 9.17) is 0 Å². The van der Waals surface area contributed by atoms with Gasteiger partial charge in [0.05, 0.1) is 4.90 Å². The molecule has 0 saturated heterocycles. The second-order valence-corrected chi connectivity index (χ2v) is 8.16. The first-order chi connectivity index (χ1) is 10.9. The summed E-state index contributed by atoms with van der Waals surface area (Å²) >= 11 is 0. The number of carbonyl (C=O) groups is 1. The van der Waals surface area contributed by atoms with E-state index in [2.05, 4.69) is 6.58 Å². The molecule has 23 heavy (non-hydrogen) atoms. The van der Waals surface area contributed by atoms with Gasteiger partial charge in [-0.3, -0.25) is 4.79 Å². The quantitative estimate of drug-likeness (QED) is 0.623. The van der Waals surface area contributed by atoms with Crippen LogP contribution in [0.25, 0.3) is 0 Å². The number of benzene rings is 2. The summed E-state index contributed by atoms with van der Waals surface area (Å²) in [6.07, 6.45) is 1.87. The van der Waals surface area contributed by atoms with E-state index in [-0.39, 0.29) is 16.6 Å². The van der Waals surface area contributed by atoms with Gasteiger partial charge in [-0.15, -0.1) is 6.58 Å². The number of Topliss-reactive ketones (excluding diaryl/α,β-unsaturated/α-hetero) is 1. The van der Waals surface area contributed by atoms with Gasteiger partial charge < -0.3 is 0 Å². The highest BCUT2D eigenvalue weighted by molar-refractivity contribution is 7.94. The van der Waals surface area contributed by atoms with Crippen LogP contribution in [0, 0.1) is 12.8 Å².